The van der Waals surface area contributed by atoms with Crippen LogP contribution in [-0.2, 0) is 0 Å². The summed E-state index contributed by atoms with van der Waals surface area (Å²) in [5, 5.41) is 7.36. The van der Waals surface area contributed by atoms with E-state index in [4.69, 9.17) is 11.1 Å². The normalized spacial score (nSPS) is 21.5. The van der Waals surface area contributed by atoms with Gasteiger partial charge in [0.05, 0.1) is 5.71 Å². The minimum absolute atomic E-state index is 0.480. The predicted octanol–water partition coefficient (Wildman–Crippen LogP) is 1.36. The van der Waals surface area contributed by atoms with Crippen molar-refractivity contribution < 1.29 is 0 Å². The summed E-state index contributed by atoms with van der Waals surface area (Å²) in [6.07, 6.45) is 6.99. The van der Waals surface area contributed by atoms with Crippen molar-refractivity contribution >= 4 is 5.71 Å². The molecule has 0 heterocycles. The Labute approximate surface area is 60.2 Å². The lowest BCUT2D eigenvalue weighted by molar-refractivity contribution is 1.41. The Bertz CT molecular complexity index is 244. The zero-order chi connectivity index (χ0) is 7.56. The smallest absolute Gasteiger partial charge is 0.0626 e. The van der Waals surface area contributed by atoms with Gasteiger partial charge in [0, 0.05) is 11.8 Å². The lowest BCUT2D eigenvalue weighted by Crippen LogP contribution is -2.01. The van der Waals surface area contributed by atoms with Gasteiger partial charge in [0.1, 0.15) is 0 Å². The first-order chi connectivity index (χ1) is 4.74. The fourth-order valence-corrected chi connectivity index (χ4v) is 0.820. The summed E-state index contributed by atoms with van der Waals surface area (Å²) < 4.78 is 0. The van der Waals surface area contributed by atoms with Crippen LogP contribution >= 0.6 is 0 Å². The summed E-state index contributed by atoms with van der Waals surface area (Å²) in [7, 11) is 0. The molecular formula is C8H10N2. The Hall–Kier alpha value is -1.31. The van der Waals surface area contributed by atoms with Gasteiger partial charge < -0.3 is 11.1 Å². The molecule has 0 spiro atoms. The van der Waals surface area contributed by atoms with Gasteiger partial charge in [0.15, 0.2) is 0 Å². The molecule has 0 radical (unpaired) electrons. The third-order valence-corrected chi connectivity index (χ3v) is 1.39. The van der Waals surface area contributed by atoms with Crippen LogP contribution in [0.2, 0.25) is 0 Å². The Morgan fingerprint density at radius 3 is 2.70 bits per heavy atom. The molecule has 2 heteroatoms. The van der Waals surface area contributed by atoms with E-state index in [2.05, 4.69) is 0 Å². The number of hydrogen-bond donors (Lipinski definition) is 2. The number of rotatable bonds is 0. The third-order valence-electron chi connectivity index (χ3n) is 1.39. The zero-order valence-corrected chi connectivity index (χ0v) is 5.89. The minimum Gasteiger partial charge on any atom is -0.404 e. The maximum Gasteiger partial charge on any atom is 0.0626 e. The van der Waals surface area contributed by atoms with Crippen LogP contribution in [0.4, 0.5) is 0 Å². The van der Waals surface area contributed by atoms with Crippen LogP contribution < -0.4 is 5.73 Å². The van der Waals surface area contributed by atoms with Crippen LogP contribution in [0.1, 0.15) is 6.92 Å². The van der Waals surface area contributed by atoms with Gasteiger partial charge >= 0.3 is 0 Å². The first kappa shape index (κ1) is 6.81. The summed E-state index contributed by atoms with van der Waals surface area (Å²) in [6.45, 7) is 1.98. The van der Waals surface area contributed by atoms with Gasteiger partial charge in [-0.15, -0.1) is 0 Å². The molecular weight excluding hydrogens is 124 g/mol. The Morgan fingerprint density at radius 1 is 1.50 bits per heavy atom. The lowest BCUT2D eigenvalue weighted by atomic mass is 10.0. The van der Waals surface area contributed by atoms with E-state index in [0.29, 0.717) is 5.71 Å². The molecule has 52 valence electrons. The first-order valence-corrected chi connectivity index (χ1v) is 3.11. The standard InChI is InChI=1S/C8H10N2/c1-6-2-3-8(10)7(4-6)5-9/h2-5,10H,9H2,1H3/b7-5-,10-8?. The molecule has 1 aliphatic carbocycles. The maximum atomic E-state index is 7.36. The van der Waals surface area contributed by atoms with Gasteiger partial charge in [-0.3, -0.25) is 0 Å². The van der Waals surface area contributed by atoms with Crippen molar-refractivity contribution in [3.05, 3.63) is 35.6 Å². The molecule has 0 amide bonds. The fraction of sp³-hybridized carbons (Fsp3) is 0.125. The molecule has 0 atom stereocenters. The summed E-state index contributed by atoms with van der Waals surface area (Å²) in [5.41, 5.74) is 7.68. The average molecular weight is 134 g/mol. The van der Waals surface area contributed by atoms with Gasteiger partial charge in [0.2, 0.25) is 0 Å². The van der Waals surface area contributed by atoms with Crippen LogP contribution in [0.15, 0.2) is 35.6 Å². The quantitative estimate of drug-likeness (QED) is 0.516. The molecule has 10 heavy (non-hydrogen) atoms. The Morgan fingerprint density at radius 2 is 2.20 bits per heavy atom. The van der Waals surface area contributed by atoms with E-state index >= 15 is 0 Å². The largest absolute Gasteiger partial charge is 0.404 e. The summed E-state index contributed by atoms with van der Waals surface area (Å²) in [4.78, 5) is 0. The first-order valence-electron chi connectivity index (χ1n) is 3.11. The highest BCUT2D eigenvalue weighted by Gasteiger charge is 2.01. The molecule has 0 aromatic rings. The highest BCUT2D eigenvalue weighted by atomic mass is 14.5. The zero-order valence-electron chi connectivity index (χ0n) is 5.89. The van der Waals surface area contributed by atoms with Crippen molar-refractivity contribution in [3.63, 3.8) is 0 Å². The Balaban J connectivity index is 2.99. The second-order valence-corrected chi connectivity index (χ2v) is 2.26. The Kier molecular flexibility index (Phi) is 1.71. The van der Waals surface area contributed by atoms with Crippen molar-refractivity contribution in [2.24, 2.45) is 5.73 Å². The molecule has 0 aliphatic heterocycles. The minimum atomic E-state index is 0.480. The van der Waals surface area contributed by atoms with Gasteiger partial charge in [-0.05, 0) is 19.1 Å². The topological polar surface area (TPSA) is 49.9 Å². The van der Waals surface area contributed by atoms with Gasteiger partial charge in [-0.25, -0.2) is 0 Å². The lowest BCUT2D eigenvalue weighted by Gasteiger charge is -2.04. The summed E-state index contributed by atoms with van der Waals surface area (Å²) >= 11 is 0. The van der Waals surface area contributed by atoms with Crippen molar-refractivity contribution in [1.29, 1.82) is 5.41 Å². The third kappa shape index (κ3) is 1.16. The van der Waals surface area contributed by atoms with E-state index in [1.807, 2.05) is 19.1 Å². The average Bonchev–Trinajstić information content (AvgIpc) is 1.94. The van der Waals surface area contributed by atoms with E-state index in [0.717, 1.165) is 11.1 Å². The van der Waals surface area contributed by atoms with Crippen molar-refractivity contribution in [2.75, 3.05) is 0 Å². The highest BCUT2D eigenvalue weighted by Crippen LogP contribution is 2.10. The molecule has 0 aromatic carbocycles. The fourth-order valence-electron chi connectivity index (χ4n) is 0.820. The molecule has 1 rings (SSSR count). The van der Waals surface area contributed by atoms with Crippen LogP contribution in [-0.4, -0.2) is 5.71 Å². The summed E-state index contributed by atoms with van der Waals surface area (Å²) in [6, 6.07) is 0. The van der Waals surface area contributed by atoms with Crippen LogP contribution in [0.25, 0.3) is 0 Å². The van der Waals surface area contributed by atoms with E-state index in [1.54, 1.807) is 6.08 Å². The molecule has 0 aromatic heterocycles. The monoisotopic (exact) mass is 134 g/mol. The van der Waals surface area contributed by atoms with E-state index in [-0.39, 0.29) is 0 Å². The molecule has 1 aliphatic rings. The van der Waals surface area contributed by atoms with Crippen molar-refractivity contribution in [1.82, 2.24) is 0 Å². The van der Waals surface area contributed by atoms with Gasteiger partial charge in [-0.1, -0.05) is 11.6 Å². The van der Waals surface area contributed by atoms with E-state index in [1.165, 1.54) is 6.20 Å². The molecule has 0 bridgehead atoms. The van der Waals surface area contributed by atoms with Crippen molar-refractivity contribution in [3.8, 4) is 0 Å². The van der Waals surface area contributed by atoms with Gasteiger partial charge in [-0.2, -0.15) is 0 Å². The molecule has 0 saturated carbocycles. The number of allylic oxidation sites excluding steroid dienone is 5. The van der Waals surface area contributed by atoms with Crippen LogP contribution in [0.5, 0.6) is 0 Å². The second kappa shape index (κ2) is 2.52. The molecule has 3 N–H and O–H groups in total. The SMILES string of the molecule is CC1=C/C(=C/N)C(=N)C=C1. The van der Waals surface area contributed by atoms with Crippen molar-refractivity contribution in [2.45, 2.75) is 6.92 Å². The van der Waals surface area contributed by atoms with Crippen LogP contribution in [0.3, 0.4) is 0 Å². The number of nitrogens with two attached hydrogens (primary N) is 1. The van der Waals surface area contributed by atoms with Gasteiger partial charge in [0.25, 0.3) is 0 Å². The van der Waals surface area contributed by atoms with E-state index < -0.39 is 0 Å². The molecule has 0 saturated heterocycles. The molecule has 0 fully saturated rings. The summed E-state index contributed by atoms with van der Waals surface area (Å²) in [5.74, 6) is 0. The predicted molar refractivity (Wildman–Crippen MR) is 42.9 cm³/mol. The second-order valence-electron chi connectivity index (χ2n) is 2.26. The molecule has 0 unspecified atom stereocenters. The number of nitrogens with one attached hydrogen (secondary N) is 1. The molecule has 2 nitrogen and oxygen atoms in total. The maximum absolute atomic E-state index is 7.36. The van der Waals surface area contributed by atoms with E-state index in [9.17, 15) is 0 Å². The number of hydrogen-bond acceptors (Lipinski definition) is 2. The van der Waals surface area contributed by atoms with Crippen LogP contribution in [0, 0.1) is 5.41 Å². The highest BCUT2D eigenvalue weighted by molar-refractivity contribution is 6.09.